The maximum absolute atomic E-state index is 14.4. The van der Waals surface area contributed by atoms with Gasteiger partial charge in [-0.3, -0.25) is 0 Å². The lowest BCUT2D eigenvalue weighted by Gasteiger charge is -2.31. The Bertz CT molecular complexity index is 367. The van der Waals surface area contributed by atoms with Crippen LogP contribution in [0.4, 0.5) is 4.39 Å². The standard InChI is InChI=1S/C12H16FNO/c1-15-11-6-2-5-10-9(11)4-3-7-12(10,13)8-14/h2,5-6H,3-4,7-8,14H2,1H3. The molecule has 0 bridgehead atoms. The molecule has 0 aromatic heterocycles. The fraction of sp³-hybridized carbons (Fsp3) is 0.500. The zero-order valence-corrected chi connectivity index (χ0v) is 8.92. The average Bonchev–Trinajstić information content (AvgIpc) is 2.29. The van der Waals surface area contributed by atoms with Crippen LogP contribution in [0, 0.1) is 0 Å². The Hall–Kier alpha value is -1.09. The lowest BCUT2D eigenvalue weighted by Crippen LogP contribution is -2.34. The van der Waals surface area contributed by atoms with Crippen LogP contribution in [0.2, 0.25) is 0 Å². The highest BCUT2D eigenvalue weighted by atomic mass is 19.1. The highest BCUT2D eigenvalue weighted by Crippen LogP contribution is 2.41. The van der Waals surface area contributed by atoms with E-state index in [-0.39, 0.29) is 6.54 Å². The van der Waals surface area contributed by atoms with Crippen LogP contribution in [0.15, 0.2) is 18.2 Å². The first kappa shape index (κ1) is 10.4. The minimum Gasteiger partial charge on any atom is -0.496 e. The van der Waals surface area contributed by atoms with Crippen molar-refractivity contribution in [3.63, 3.8) is 0 Å². The highest BCUT2D eigenvalue weighted by Gasteiger charge is 2.36. The van der Waals surface area contributed by atoms with Gasteiger partial charge in [0.1, 0.15) is 11.4 Å². The Labute approximate surface area is 89.2 Å². The molecule has 0 saturated carbocycles. The van der Waals surface area contributed by atoms with E-state index in [9.17, 15) is 4.39 Å². The van der Waals surface area contributed by atoms with Crippen molar-refractivity contribution in [3.05, 3.63) is 29.3 Å². The zero-order chi connectivity index (χ0) is 10.9. The van der Waals surface area contributed by atoms with Crippen LogP contribution in [0.5, 0.6) is 5.75 Å². The van der Waals surface area contributed by atoms with E-state index in [1.807, 2.05) is 18.2 Å². The molecule has 2 rings (SSSR count). The molecule has 3 heteroatoms. The molecule has 0 saturated heterocycles. The summed E-state index contributed by atoms with van der Waals surface area (Å²) in [5, 5.41) is 0. The van der Waals surface area contributed by atoms with Crippen LogP contribution in [-0.4, -0.2) is 13.7 Å². The van der Waals surface area contributed by atoms with Crippen molar-refractivity contribution in [2.75, 3.05) is 13.7 Å². The van der Waals surface area contributed by atoms with Gasteiger partial charge in [-0.1, -0.05) is 12.1 Å². The SMILES string of the molecule is COc1cccc2c1CCCC2(F)CN. The first-order valence-electron chi connectivity index (χ1n) is 5.26. The number of nitrogens with two attached hydrogens (primary N) is 1. The van der Waals surface area contributed by atoms with Gasteiger partial charge in [0.2, 0.25) is 0 Å². The van der Waals surface area contributed by atoms with Gasteiger partial charge in [-0.25, -0.2) is 4.39 Å². The summed E-state index contributed by atoms with van der Waals surface area (Å²) in [5.41, 5.74) is 5.87. The Morgan fingerprint density at radius 3 is 3.00 bits per heavy atom. The zero-order valence-electron chi connectivity index (χ0n) is 8.92. The first-order valence-corrected chi connectivity index (χ1v) is 5.26. The van der Waals surface area contributed by atoms with Crippen LogP contribution in [0.1, 0.15) is 24.0 Å². The molecule has 0 amide bonds. The topological polar surface area (TPSA) is 35.2 Å². The molecule has 2 N–H and O–H groups in total. The Kier molecular flexibility index (Phi) is 2.65. The monoisotopic (exact) mass is 209 g/mol. The van der Waals surface area contributed by atoms with Gasteiger partial charge in [-0.05, 0) is 30.9 Å². The summed E-state index contributed by atoms with van der Waals surface area (Å²) in [7, 11) is 1.62. The number of methoxy groups -OCH3 is 1. The molecule has 0 fully saturated rings. The predicted octanol–water partition coefficient (Wildman–Crippen LogP) is 2.16. The number of halogens is 1. The maximum Gasteiger partial charge on any atom is 0.148 e. The molecule has 1 aliphatic rings. The summed E-state index contributed by atoms with van der Waals surface area (Å²) in [6.45, 7) is 0.0488. The molecule has 0 heterocycles. The molecule has 0 aliphatic heterocycles. The predicted molar refractivity (Wildman–Crippen MR) is 57.8 cm³/mol. The molecule has 1 aromatic rings. The van der Waals surface area contributed by atoms with E-state index in [1.54, 1.807) is 7.11 Å². The number of hydrogen-bond acceptors (Lipinski definition) is 2. The molecule has 1 aromatic carbocycles. The lowest BCUT2D eigenvalue weighted by atomic mass is 9.80. The van der Waals surface area contributed by atoms with Crippen molar-refractivity contribution in [1.82, 2.24) is 0 Å². The van der Waals surface area contributed by atoms with Crippen molar-refractivity contribution < 1.29 is 9.13 Å². The molecular formula is C12H16FNO. The van der Waals surface area contributed by atoms with E-state index in [1.165, 1.54) is 0 Å². The van der Waals surface area contributed by atoms with Crippen molar-refractivity contribution in [2.45, 2.75) is 24.9 Å². The number of ether oxygens (including phenoxy) is 1. The normalized spacial score (nSPS) is 24.7. The van der Waals surface area contributed by atoms with Gasteiger partial charge in [-0.15, -0.1) is 0 Å². The average molecular weight is 209 g/mol. The summed E-state index contributed by atoms with van der Waals surface area (Å²) in [6.07, 6.45) is 2.23. The smallest absolute Gasteiger partial charge is 0.148 e. The summed E-state index contributed by atoms with van der Waals surface area (Å²) in [5.74, 6) is 0.780. The van der Waals surface area contributed by atoms with E-state index in [0.29, 0.717) is 6.42 Å². The van der Waals surface area contributed by atoms with Crippen LogP contribution in [-0.2, 0) is 12.1 Å². The second-order valence-electron chi connectivity index (χ2n) is 4.01. The first-order chi connectivity index (χ1) is 7.21. The molecule has 1 atom stereocenters. The molecule has 0 radical (unpaired) electrons. The largest absolute Gasteiger partial charge is 0.496 e. The Morgan fingerprint density at radius 1 is 1.53 bits per heavy atom. The number of rotatable bonds is 2. The maximum atomic E-state index is 14.4. The lowest BCUT2D eigenvalue weighted by molar-refractivity contribution is 0.145. The number of fused-ring (bicyclic) bond motifs is 1. The van der Waals surface area contributed by atoms with Crippen LogP contribution in [0.3, 0.4) is 0 Å². The van der Waals surface area contributed by atoms with Gasteiger partial charge in [-0.2, -0.15) is 0 Å². The third-order valence-electron chi connectivity index (χ3n) is 3.16. The van der Waals surface area contributed by atoms with Crippen molar-refractivity contribution >= 4 is 0 Å². The van der Waals surface area contributed by atoms with Gasteiger partial charge in [0.15, 0.2) is 0 Å². The summed E-state index contributed by atoms with van der Waals surface area (Å²) in [6, 6.07) is 5.53. The summed E-state index contributed by atoms with van der Waals surface area (Å²) in [4.78, 5) is 0. The number of benzene rings is 1. The molecule has 0 spiro atoms. The van der Waals surface area contributed by atoms with E-state index in [0.717, 1.165) is 29.7 Å². The minimum atomic E-state index is -1.36. The third-order valence-corrected chi connectivity index (χ3v) is 3.16. The summed E-state index contributed by atoms with van der Waals surface area (Å²) < 4.78 is 19.7. The van der Waals surface area contributed by atoms with Gasteiger partial charge in [0, 0.05) is 12.1 Å². The van der Waals surface area contributed by atoms with Crippen LogP contribution in [0.25, 0.3) is 0 Å². The fourth-order valence-electron chi connectivity index (χ4n) is 2.33. The molecule has 1 unspecified atom stereocenters. The minimum absolute atomic E-state index is 0.0488. The highest BCUT2D eigenvalue weighted by molar-refractivity contribution is 5.45. The third kappa shape index (κ3) is 1.61. The van der Waals surface area contributed by atoms with Gasteiger partial charge >= 0.3 is 0 Å². The molecular weight excluding hydrogens is 193 g/mol. The summed E-state index contributed by atoms with van der Waals surface area (Å²) >= 11 is 0. The van der Waals surface area contributed by atoms with Crippen molar-refractivity contribution in [2.24, 2.45) is 5.73 Å². The van der Waals surface area contributed by atoms with Crippen molar-refractivity contribution in [1.29, 1.82) is 0 Å². The fourth-order valence-corrected chi connectivity index (χ4v) is 2.33. The molecule has 1 aliphatic carbocycles. The number of hydrogen-bond donors (Lipinski definition) is 1. The van der Waals surface area contributed by atoms with Crippen LogP contribution < -0.4 is 10.5 Å². The van der Waals surface area contributed by atoms with E-state index >= 15 is 0 Å². The second-order valence-corrected chi connectivity index (χ2v) is 4.01. The molecule has 2 nitrogen and oxygen atoms in total. The molecule has 15 heavy (non-hydrogen) atoms. The molecule has 82 valence electrons. The van der Waals surface area contributed by atoms with E-state index in [2.05, 4.69) is 0 Å². The van der Waals surface area contributed by atoms with E-state index < -0.39 is 5.67 Å². The second kappa shape index (κ2) is 3.81. The number of alkyl halides is 1. The van der Waals surface area contributed by atoms with Gasteiger partial charge < -0.3 is 10.5 Å². The quantitative estimate of drug-likeness (QED) is 0.810. The van der Waals surface area contributed by atoms with E-state index in [4.69, 9.17) is 10.5 Å². The van der Waals surface area contributed by atoms with Crippen LogP contribution >= 0.6 is 0 Å². The van der Waals surface area contributed by atoms with Gasteiger partial charge in [0.05, 0.1) is 7.11 Å². The van der Waals surface area contributed by atoms with Crippen molar-refractivity contribution in [3.8, 4) is 5.75 Å². The van der Waals surface area contributed by atoms with Gasteiger partial charge in [0.25, 0.3) is 0 Å². The Morgan fingerprint density at radius 2 is 2.33 bits per heavy atom. The Balaban J connectivity index is 2.53.